The zero-order valence-corrected chi connectivity index (χ0v) is 12.1. The fourth-order valence-corrected chi connectivity index (χ4v) is 1.67. The molecule has 1 aromatic heterocycles. The van der Waals surface area contributed by atoms with E-state index in [9.17, 15) is 4.79 Å². The van der Waals surface area contributed by atoms with E-state index in [1.807, 2.05) is 19.9 Å². The average molecular weight is 280 g/mol. The van der Waals surface area contributed by atoms with Gasteiger partial charge in [-0.1, -0.05) is 19.1 Å². The Kier molecular flexibility index (Phi) is 6.21. The molecule has 0 fully saturated rings. The van der Waals surface area contributed by atoms with E-state index < -0.39 is 0 Å². The first-order valence-corrected chi connectivity index (χ1v) is 6.73. The molecule has 0 saturated carbocycles. The molecule has 19 heavy (non-hydrogen) atoms. The van der Waals surface area contributed by atoms with Gasteiger partial charge in [-0.05, 0) is 25.5 Å². The second-order valence-electron chi connectivity index (χ2n) is 4.32. The number of carbonyl (C=O) groups excluding carboxylic acids is 1. The largest absolute Gasteiger partial charge is 0.388 e. The van der Waals surface area contributed by atoms with E-state index in [1.54, 1.807) is 12.3 Å². The third-order valence-electron chi connectivity index (χ3n) is 2.73. The number of nitrogens with one attached hydrogen (secondary N) is 2. The van der Waals surface area contributed by atoms with Crippen LogP contribution in [0, 0.1) is 0 Å². The molecule has 0 aliphatic rings. The minimum absolute atomic E-state index is 0.0302. The Bertz CT molecular complexity index is 450. The van der Waals surface area contributed by atoms with Crippen molar-refractivity contribution in [1.82, 2.24) is 10.3 Å². The molecule has 1 amide bonds. The predicted molar refractivity (Wildman–Crippen MR) is 81.1 cm³/mol. The first kappa shape index (κ1) is 15.4. The molecule has 0 radical (unpaired) electrons. The number of pyridine rings is 1. The molecule has 1 unspecified atom stereocenters. The quantitative estimate of drug-likeness (QED) is 0.658. The summed E-state index contributed by atoms with van der Waals surface area (Å²) in [5, 5.41) is 6.03. The lowest BCUT2D eigenvalue weighted by Crippen LogP contribution is -2.33. The van der Waals surface area contributed by atoms with Crippen molar-refractivity contribution in [2.24, 2.45) is 5.73 Å². The van der Waals surface area contributed by atoms with Gasteiger partial charge in [-0.2, -0.15) is 0 Å². The maximum Gasteiger partial charge on any atom is 0.221 e. The van der Waals surface area contributed by atoms with Crippen molar-refractivity contribution in [3.8, 4) is 0 Å². The minimum Gasteiger partial charge on any atom is -0.388 e. The highest BCUT2D eigenvalue weighted by Crippen LogP contribution is 2.11. The first-order valence-electron chi connectivity index (χ1n) is 6.32. The van der Waals surface area contributed by atoms with Crippen LogP contribution in [0.4, 0.5) is 5.69 Å². The second-order valence-corrected chi connectivity index (χ2v) is 4.76. The van der Waals surface area contributed by atoms with Gasteiger partial charge in [0, 0.05) is 25.2 Å². The number of rotatable bonds is 7. The summed E-state index contributed by atoms with van der Waals surface area (Å²) in [6.07, 6.45) is 2.96. The van der Waals surface area contributed by atoms with Crippen LogP contribution in [0.5, 0.6) is 0 Å². The molecular weight excluding hydrogens is 260 g/mol. The summed E-state index contributed by atoms with van der Waals surface area (Å²) >= 11 is 4.92. The van der Waals surface area contributed by atoms with Gasteiger partial charge in [0.15, 0.2) is 0 Å². The SMILES string of the molecule is CCC(C)NC(=O)CCNc1cccnc1C(N)=S. The number of amides is 1. The maximum absolute atomic E-state index is 11.6. The molecular formula is C13H20N4OS. The molecule has 0 bridgehead atoms. The van der Waals surface area contributed by atoms with E-state index in [2.05, 4.69) is 15.6 Å². The molecule has 0 aliphatic carbocycles. The maximum atomic E-state index is 11.6. The van der Waals surface area contributed by atoms with Crippen molar-refractivity contribution in [1.29, 1.82) is 0 Å². The van der Waals surface area contributed by atoms with Gasteiger partial charge in [0.05, 0.1) is 5.69 Å². The third kappa shape index (κ3) is 5.21. The highest BCUT2D eigenvalue weighted by Gasteiger charge is 2.07. The Labute approximate surface area is 119 Å². The summed E-state index contributed by atoms with van der Waals surface area (Å²) in [6.45, 7) is 4.54. The summed E-state index contributed by atoms with van der Waals surface area (Å²) in [7, 11) is 0. The van der Waals surface area contributed by atoms with E-state index in [-0.39, 0.29) is 16.9 Å². The number of nitrogens with two attached hydrogens (primary N) is 1. The molecule has 0 saturated heterocycles. The van der Waals surface area contributed by atoms with E-state index in [1.165, 1.54) is 0 Å². The third-order valence-corrected chi connectivity index (χ3v) is 2.92. The van der Waals surface area contributed by atoms with Crippen LogP contribution in [0.2, 0.25) is 0 Å². The molecule has 5 nitrogen and oxygen atoms in total. The summed E-state index contributed by atoms with van der Waals surface area (Å²) in [4.78, 5) is 16.0. The lowest BCUT2D eigenvalue weighted by atomic mass is 10.2. The van der Waals surface area contributed by atoms with Crippen LogP contribution in [0.25, 0.3) is 0 Å². The molecule has 1 atom stereocenters. The normalized spacial score (nSPS) is 11.7. The first-order chi connectivity index (χ1) is 9.04. The lowest BCUT2D eigenvalue weighted by Gasteiger charge is -2.13. The van der Waals surface area contributed by atoms with Gasteiger partial charge in [0.25, 0.3) is 0 Å². The number of carbonyl (C=O) groups is 1. The Morgan fingerprint density at radius 1 is 1.58 bits per heavy atom. The van der Waals surface area contributed by atoms with Crippen LogP contribution in [0.3, 0.4) is 0 Å². The summed E-state index contributed by atoms with van der Waals surface area (Å²) in [5.41, 5.74) is 6.89. The molecule has 0 aromatic carbocycles. The van der Waals surface area contributed by atoms with Gasteiger partial charge in [0.1, 0.15) is 10.7 Å². The van der Waals surface area contributed by atoms with Crippen LogP contribution < -0.4 is 16.4 Å². The highest BCUT2D eigenvalue weighted by molar-refractivity contribution is 7.80. The van der Waals surface area contributed by atoms with Crippen LogP contribution >= 0.6 is 12.2 Å². The van der Waals surface area contributed by atoms with Crippen molar-refractivity contribution in [3.05, 3.63) is 24.0 Å². The number of anilines is 1. The number of hydrogen-bond donors (Lipinski definition) is 3. The van der Waals surface area contributed by atoms with Crippen LogP contribution in [-0.2, 0) is 4.79 Å². The van der Waals surface area contributed by atoms with Crippen molar-refractivity contribution in [2.45, 2.75) is 32.7 Å². The summed E-state index contributed by atoms with van der Waals surface area (Å²) in [6, 6.07) is 3.84. The van der Waals surface area contributed by atoms with E-state index in [0.717, 1.165) is 12.1 Å². The molecule has 1 rings (SSSR count). The lowest BCUT2D eigenvalue weighted by molar-refractivity contribution is -0.121. The summed E-state index contributed by atoms with van der Waals surface area (Å²) < 4.78 is 0. The number of nitrogens with zero attached hydrogens (tertiary/aromatic N) is 1. The highest BCUT2D eigenvalue weighted by atomic mass is 32.1. The molecule has 6 heteroatoms. The van der Waals surface area contributed by atoms with Crippen LogP contribution in [-0.4, -0.2) is 28.5 Å². The monoisotopic (exact) mass is 280 g/mol. The predicted octanol–water partition coefficient (Wildman–Crippen LogP) is 1.43. The Balaban J connectivity index is 2.45. The number of aromatic nitrogens is 1. The van der Waals surface area contributed by atoms with Gasteiger partial charge in [-0.3, -0.25) is 9.78 Å². The van der Waals surface area contributed by atoms with Gasteiger partial charge >= 0.3 is 0 Å². The molecule has 104 valence electrons. The minimum atomic E-state index is 0.0302. The van der Waals surface area contributed by atoms with Gasteiger partial charge in [-0.15, -0.1) is 0 Å². The standard InChI is InChI=1S/C13H20N4OS/c1-3-9(2)17-11(18)6-8-15-10-5-4-7-16-12(10)13(14)19/h4-5,7,9,15H,3,6,8H2,1-2H3,(H2,14,19)(H,17,18). The topological polar surface area (TPSA) is 80.0 Å². The molecule has 1 aromatic rings. The van der Waals surface area contributed by atoms with Crippen LogP contribution in [0.15, 0.2) is 18.3 Å². The van der Waals surface area contributed by atoms with Crippen molar-refractivity contribution < 1.29 is 4.79 Å². The van der Waals surface area contributed by atoms with E-state index in [4.69, 9.17) is 18.0 Å². The Morgan fingerprint density at radius 3 is 2.95 bits per heavy atom. The number of thiocarbonyl (C=S) groups is 1. The zero-order chi connectivity index (χ0) is 14.3. The van der Waals surface area contributed by atoms with E-state index in [0.29, 0.717) is 18.7 Å². The molecule has 1 heterocycles. The van der Waals surface area contributed by atoms with E-state index >= 15 is 0 Å². The fraction of sp³-hybridized carbons (Fsp3) is 0.462. The zero-order valence-electron chi connectivity index (χ0n) is 11.3. The van der Waals surface area contributed by atoms with Gasteiger partial charge in [0.2, 0.25) is 5.91 Å². The van der Waals surface area contributed by atoms with Crippen molar-refractivity contribution >= 4 is 28.8 Å². The smallest absolute Gasteiger partial charge is 0.221 e. The van der Waals surface area contributed by atoms with Gasteiger partial charge in [-0.25, -0.2) is 0 Å². The number of hydrogen-bond acceptors (Lipinski definition) is 4. The fourth-order valence-electron chi connectivity index (χ4n) is 1.50. The van der Waals surface area contributed by atoms with Crippen molar-refractivity contribution in [2.75, 3.05) is 11.9 Å². The van der Waals surface area contributed by atoms with Gasteiger partial charge < -0.3 is 16.4 Å². The molecule has 0 aliphatic heterocycles. The molecule has 0 spiro atoms. The summed E-state index contributed by atoms with van der Waals surface area (Å²) in [5.74, 6) is 0.0302. The average Bonchev–Trinajstić information content (AvgIpc) is 2.38. The molecule has 4 N–H and O–H groups in total. The van der Waals surface area contributed by atoms with Crippen molar-refractivity contribution in [3.63, 3.8) is 0 Å². The Hall–Kier alpha value is -1.69. The van der Waals surface area contributed by atoms with Crippen LogP contribution in [0.1, 0.15) is 32.4 Å². The second kappa shape index (κ2) is 7.68. The Morgan fingerprint density at radius 2 is 2.32 bits per heavy atom.